The Morgan fingerprint density at radius 1 is 1.38 bits per heavy atom. The number of rotatable bonds is 5. The molecule has 1 aliphatic carbocycles. The summed E-state index contributed by atoms with van der Waals surface area (Å²) in [4.78, 5) is 13.9. The quantitative estimate of drug-likeness (QED) is 0.465. The lowest BCUT2D eigenvalue weighted by Crippen LogP contribution is -2.07. The molecule has 0 saturated heterocycles. The maximum atomic E-state index is 11.4. The molecule has 6 nitrogen and oxygen atoms in total. The van der Waals surface area contributed by atoms with E-state index in [9.17, 15) is 4.79 Å². The summed E-state index contributed by atoms with van der Waals surface area (Å²) < 4.78 is 15.8. The Morgan fingerprint density at radius 3 is 3.12 bits per heavy atom. The molecule has 0 aliphatic heterocycles. The van der Waals surface area contributed by atoms with E-state index in [1.807, 2.05) is 0 Å². The summed E-state index contributed by atoms with van der Waals surface area (Å²) in [6.07, 6.45) is 3.51. The molecular formula is C18H18N2O4S2. The van der Waals surface area contributed by atoms with Crippen LogP contribution in [0, 0.1) is 5.92 Å². The van der Waals surface area contributed by atoms with E-state index in [-0.39, 0.29) is 5.76 Å². The average molecular weight is 390 g/mol. The van der Waals surface area contributed by atoms with Crippen molar-refractivity contribution in [3.8, 4) is 10.8 Å². The van der Waals surface area contributed by atoms with Crippen LogP contribution in [0.25, 0.3) is 10.8 Å². The highest BCUT2D eigenvalue weighted by molar-refractivity contribution is 7.98. The number of thiophene rings is 1. The largest absolute Gasteiger partial charge is 0.463 e. The standard InChI is InChI=1S/C18H18N2O4S2/c1-10-3-6-14-11(7-10)8-15(26-14)16-19-20-18(24-16)25-9-12-4-5-13(23-12)17(21)22-2/h4-5,8,10H,3,6-7,9H2,1-2H3/t10-/m0/s1. The number of hydrogen-bond acceptors (Lipinski definition) is 8. The Kier molecular flexibility index (Phi) is 4.86. The fraction of sp³-hybridized carbons (Fsp3) is 0.389. The predicted molar refractivity (Wildman–Crippen MR) is 98.4 cm³/mol. The summed E-state index contributed by atoms with van der Waals surface area (Å²) in [5.74, 6) is 2.15. The molecule has 0 bridgehead atoms. The topological polar surface area (TPSA) is 78.4 Å². The smallest absolute Gasteiger partial charge is 0.373 e. The Bertz CT molecular complexity index is 927. The molecule has 4 rings (SSSR count). The van der Waals surface area contributed by atoms with E-state index >= 15 is 0 Å². The zero-order valence-corrected chi connectivity index (χ0v) is 16.1. The van der Waals surface area contributed by atoms with Crippen molar-refractivity contribution in [1.29, 1.82) is 0 Å². The third kappa shape index (κ3) is 3.57. The number of furan rings is 1. The first kappa shape index (κ1) is 17.4. The number of carbonyl (C=O) groups is 1. The minimum absolute atomic E-state index is 0.188. The number of ether oxygens (including phenoxy) is 1. The van der Waals surface area contributed by atoms with Crippen molar-refractivity contribution in [2.75, 3.05) is 7.11 Å². The Hall–Kier alpha value is -2.06. The Morgan fingerprint density at radius 2 is 2.27 bits per heavy atom. The number of fused-ring (bicyclic) bond motifs is 1. The number of nitrogens with zero attached hydrogens (tertiary/aromatic N) is 2. The maximum Gasteiger partial charge on any atom is 0.373 e. The number of thioether (sulfide) groups is 1. The van der Waals surface area contributed by atoms with Gasteiger partial charge in [0.15, 0.2) is 0 Å². The van der Waals surface area contributed by atoms with Gasteiger partial charge in [0.05, 0.1) is 17.7 Å². The number of methoxy groups -OCH3 is 1. The molecule has 3 aromatic rings. The molecule has 26 heavy (non-hydrogen) atoms. The van der Waals surface area contributed by atoms with Crippen LogP contribution in [0.15, 0.2) is 32.3 Å². The summed E-state index contributed by atoms with van der Waals surface area (Å²) >= 11 is 3.13. The van der Waals surface area contributed by atoms with Crippen molar-refractivity contribution in [2.24, 2.45) is 5.92 Å². The summed E-state index contributed by atoms with van der Waals surface area (Å²) in [5, 5.41) is 8.76. The lowest BCUT2D eigenvalue weighted by Gasteiger charge is -2.16. The van der Waals surface area contributed by atoms with Gasteiger partial charge in [0.1, 0.15) is 5.76 Å². The van der Waals surface area contributed by atoms with Crippen LogP contribution in [0.1, 0.15) is 40.1 Å². The van der Waals surface area contributed by atoms with E-state index in [0.29, 0.717) is 22.6 Å². The molecule has 0 fully saturated rings. The van der Waals surface area contributed by atoms with E-state index in [1.165, 1.54) is 35.7 Å². The van der Waals surface area contributed by atoms with Crippen molar-refractivity contribution in [1.82, 2.24) is 10.2 Å². The van der Waals surface area contributed by atoms with Gasteiger partial charge >= 0.3 is 5.97 Å². The van der Waals surface area contributed by atoms with Gasteiger partial charge in [-0.1, -0.05) is 18.7 Å². The van der Waals surface area contributed by atoms with Crippen LogP contribution in [0.3, 0.4) is 0 Å². The molecule has 1 atom stereocenters. The first-order valence-corrected chi connectivity index (χ1v) is 10.2. The molecule has 0 amide bonds. The van der Waals surface area contributed by atoms with Crippen LogP contribution < -0.4 is 0 Å². The molecule has 136 valence electrons. The SMILES string of the molecule is COC(=O)c1ccc(CSc2nnc(-c3cc4c(s3)CC[C@H](C)C4)o2)o1. The van der Waals surface area contributed by atoms with Gasteiger partial charge in [-0.15, -0.1) is 21.5 Å². The fourth-order valence-corrected chi connectivity index (χ4v) is 4.76. The second kappa shape index (κ2) is 7.28. The Balaban J connectivity index is 1.42. The first-order chi connectivity index (χ1) is 12.6. The van der Waals surface area contributed by atoms with Gasteiger partial charge < -0.3 is 13.6 Å². The molecule has 8 heteroatoms. The number of carbonyl (C=O) groups excluding carboxylic acids is 1. The summed E-state index contributed by atoms with van der Waals surface area (Å²) in [7, 11) is 1.32. The van der Waals surface area contributed by atoms with Gasteiger partial charge in [0.25, 0.3) is 11.1 Å². The third-order valence-corrected chi connectivity index (χ3v) is 6.40. The molecule has 0 N–H and O–H groups in total. The fourth-order valence-electron chi connectivity index (χ4n) is 2.98. The molecular weight excluding hydrogens is 372 g/mol. The first-order valence-electron chi connectivity index (χ1n) is 8.37. The second-order valence-electron chi connectivity index (χ2n) is 6.33. The normalized spacial score (nSPS) is 16.5. The Labute approximate surface area is 158 Å². The summed E-state index contributed by atoms with van der Waals surface area (Å²) in [6, 6.07) is 5.52. The molecule has 0 radical (unpaired) electrons. The molecule has 0 saturated carbocycles. The van der Waals surface area contributed by atoms with Crippen molar-refractivity contribution < 1.29 is 18.4 Å². The predicted octanol–water partition coefficient (Wildman–Crippen LogP) is 4.59. The summed E-state index contributed by atoms with van der Waals surface area (Å²) in [6.45, 7) is 2.29. The van der Waals surface area contributed by atoms with Crippen LogP contribution >= 0.6 is 23.1 Å². The van der Waals surface area contributed by atoms with Crippen molar-refractivity contribution in [3.05, 3.63) is 40.2 Å². The highest BCUT2D eigenvalue weighted by Gasteiger charge is 2.21. The molecule has 0 spiro atoms. The highest BCUT2D eigenvalue weighted by Crippen LogP contribution is 2.37. The van der Waals surface area contributed by atoms with E-state index in [2.05, 4.69) is 27.9 Å². The minimum Gasteiger partial charge on any atom is -0.463 e. The lowest BCUT2D eigenvalue weighted by molar-refractivity contribution is 0.0563. The van der Waals surface area contributed by atoms with Crippen molar-refractivity contribution in [2.45, 2.75) is 37.2 Å². The third-order valence-electron chi connectivity index (χ3n) is 4.33. The molecule has 3 heterocycles. The van der Waals surface area contributed by atoms with Crippen LogP contribution in [-0.2, 0) is 23.3 Å². The zero-order valence-electron chi connectivity index (χ0n) is 14.5. The maximum absolute atomic E-state index is 11.4. The molecule has 0 aromatic carbocycles. The van der Waals surface area contributed by atoms with Crippen LogP contribution in [0.5, 0.6) is 0 Å². The monoisotopic (exact) mass is 390 g/mol. The second-order valence-corrected chi connectivity index (χ2v) is 8.39. The van der Waals surface area contributed by atoms with Crippen LogP contribution in [0.4, 0.5) is 0 Å². The number of aryl methyl sites for hydroxylation is 1. The number of hydrogen-bond donors (Lipinski definition) is 0. The van der Waals surface area contributed by atoms with Crippen LogP contribution in [0.2, 0.25) is 0 Å². The van der Waals surface area contributed by atoms with Gasteiger partial charge in [-0.3, -0.25) is 0 Å². The molecule has 3 aromatic heterocycles. The number of aromatic nitrogens is 2. The van der Waals surface area contributed by atoms with E-state index in [4.69, 9.17) is 8.83 Å². The minimum atomic E-state index is -0.489. The number of esters is 1. The van der Waals surface area contributed by atoms with E-state index in [1.54, 1.807) is 23.5 Å². The lowest BCUT2D eigenvalue weighted by atomic mass is 9.90. The highest BCUT2D eigenvalue weighted by atomic mass is 32.2. The van der Waals surface area contributed by atoms with Crippen molar-refractivity contribution in [3.63, 3.8) is 0 Å². The van der Waals surface area contributed by atoms with Gasteiger partial charge in [-0.2, -0.15) is 0 Å². The van der Waals surface area contributed by atoms with Crippen molar-refractivity contribution >= 4 is 29.1 Å². The molecule has 1 aliphatic rings. The summed E-state index contributed by atoms with van der Waals surface area (Å²) in [5.41, 5.74) is 1.42. The van der Waals surface area contributed by atoms with Gasteiger partial charge in [-0.05, 0) is 48.9 Å². The van der Waals surface area contributed by atoms with E-state index in [0.717, 1.165) is 23.6 Å². The van der Waals surface area contributed by atoms with Gasteiger partial charge in [-0.25, -0.2) is 4.79 Å². The zero-order chi connectivity index (χ0) is 18.1. The van der Waals surface area contributed by atoms with E-state index < -0.39 is 5.97 Å². The van der Waals surface area contributed by atoms with Gasteiger partial charge in [0, 0.05) is 4.88 Å². The molecule has 0 unspecified atom stereocenters. The average Bonchev–Trinajstić information content (AvgIpc) is 3.37. The van der Waals surface area contributed by atoms with Crippen LogP contribution in [-0.4, -0.2) is 23.3 Å². The van der Waals surface area contributed by atoms with Gasteiger partial charge in [0.2, 0.25) is 5.76 Å².